The number of rotatable bonds is 12. The van der Waals surface area contributed by atoms with Crippen molar-refractivity contribution in [3.05, 3.63) is 30.3 Å². The number of hydrogen-bond donors (Lipinski definition) is 0. The first-order chi connectivity index (χ1) is 11.1. The topological polar surface area (TPSA) is 55.4 Å². The third-order valence-electron chi connectivity index (χ3n) is 2.82. The van der Waals surface area contributed by atoms with Gasteiger partial charge in [0, 0.05) is 31.6 Å². The van der Waals surface area contributed by atoms with Crippen LogP contribution in [0.2, 0.25) is 0 Å². The van der Waals surface area contributed by atoms with Crippen LogP contribution in [0.1, 0.15) is 27.7 Å². The molecule has 6 nitrogen and oxygen atoms in total. The highest BCUT2D eigenvalue weighted by atomic mass is 28.5. The van der Waals surface area contributed by atoms with Crippen LogP contribution in [-0.4, -0.2) is 54.8 Å². The van der Waals surface area contributed by atoms with Gasteiger partial charge >= 0.3 is 17.9 Å². The summed E-state index contributed by atoms with van der Waals surface area (Å²) in [4.78, 5) is 0. The van der Waals surface area contributed by atoms with Crippen LogP contribution >= 0.6 is 0 Å². The highest BCUT2D eigenvalue weighted by Gasteiger charge is 2.57. The van der Waals surface area contributed by atoms with Crippen LogP contribution in [0.15, 0.2) is 30.3 Å². The van der Waals surface area contributed by atoms with E-state index in [0.29, 0.717) is 26.4 Å². The highest BCUT2D eigenvalue weighted by Crippen LogP contribution is 2.20. The fraction of sp³-hybridized carbons (Fsp3) is 0.571. The van der Waals surface area contributed by atoms with Crippen molar-refractivity contribution in [1.82, 2.24) is 0 Å². The molecule has 0 heterocycles. The average Bonchev–Trinajstić information content (AvgIpc) is 2.56. The molecule has 3 radical (unpaired) electrons. The summed E-state index contributed by atoms with van der Waals surface area (Å²) in [6.07, 6.45) is 0. The van der Waals surface area contributed by atoms with Gasteiger partial charge in [-0.15, -0.1) is 0 Å². The largest absolute Gasteiger partial charge is 0.672 e. The molecule has 0 amide bonds. The van der Waals surface area contributed by atoms with Gasteiger partial charge in [0.25, 0.3) is 0 Å². The summed E-state index contributed by atoms with van der Waals surface area (Å²) in [5.41, 5.74) is 0. The lowest BCUT2D eigenvalue weighted by Gasteiger charge is -2.36. The van der Waals surface area contributed by atoms with Crippen molar-refractivity contribution in [3.63, 3.8) is 0 Å². The first-order valence-corrected chi connectivity index (χ1v) is 11.5. The minimum absolute atomic E-state index is 0.402. The van der Waals surface area contributed by atoms with Gasteiger partial charge in [-0.2, -0.15) is 0 Å². The van der Waals surface area contributed by atoms with E-state index >= 15 is 0 Å². The predicted octanol–water partition coefficient (Wildman–Crippen LogP) is 1.53. The van der Waals surface area contributed by atoms with Crippen molar-refractivity contribution in [2.24, 2.45) is 0 Å². The molecule has 0 spiro atoms. The Balaban J connectivity index is 3.23. The van der Waals surface area contributed by atoms with Crippen molar-refractivity contribution < 1.29 is 25.9 Å². The normalized spacial score (nSPS) is 14.7. The van der Waals surface area contributed by atoms with E-state index in [-0.39, 0.29) is 0 Å². The van der Waals surface area contributed by atoms with Gasteiger partial charge < -0.3 is 25.9 Å². The summed E-state index contributed by atoms with van der Waals surface area (Å²) < 4.78 is 35.0. The van der Waals surface area contributed by atoms with Gasteiger partial charge in [-0.25, -0.2) is 0 Å². The zero-order valence-electron chi connectivity index (χ0n) is 14.2. The highest BCUT2D eigenvalue weighted by molar-refractivity contribution is 6.83. The summed E-state index contributed by atoms with van der Waals surface area (Å²) in [5, 5.41) is 0.799. The summed E-state index contributed by atoms with van der Waals surface area (Å²) in [7, 11) is -3.54. The molecular weight excluding hydrogens is 348 g/mol. The zero-order valence-corrected chi connectivity index (χ0v) is 17.2. The van der Waals surface area contributed by atoms with Crippen LogP contribution in [0.4, 0.5) is 0 Å². The van der Waals surface area contributed by atoms with Crippen molar-refractivity contribution >= 4 is 33.5 Å². The van der Waals surface area contributed by atoms with E-state index < -0.39 is 17.9 Å². The van der Waals surface area contributed by atoms with E-state index in [1.165, 1.54) is 0 Å². The van der Waals surface area contributed by atoms with E-state index in [2.05, 4.69) is 10.5 Å². The maximum atomic E-state index is 6.24. The molecule has 1 aromatic rings. The standard InChI is InChI=1S/C14H25O6Si3/c1-5-15-22(19-21,14-12-10-9-11-13-14)20-23(16-6-2,17-7-3)18-8-4/h9-13H,5-8H2,1-4H3. The van der Waals surface area contributed by atoms with Crippen LogP contribution < -0.4 is 5.19 Å². The Hall–Kier alpha value is -0.369. The van der Waals surface area contributed by atoms with E-state index in [0.717, 1.165) is 5.19 Å². The van der Waals surface area contributed by atoms with Gasteiger partial charge in [-0.3, -0.25) is 0 Å². The summed E-state index contributed by atoms with van der Waals surface area (Å²) in [5.74, 6) is 0. The molecule has 0 bridgehead atoms. The Kier molecular flexibility index (Phi) is 9.43. The molecule has 0 aliphatic heterocycles. The van der Waals surface area contributed by atoms with Gasteiger partial charge in [0.1, 0.15) is 0 Å². The smallest absolute Gasteiger partial charge is 0.412 e. The monoisotopic (exact) mass is 373 g/mol. The maximum absolute atomic E-state index is 6.24. The second-order valence-corrected chi connectivity index (χ2v) is 9.84. The molecule has 1 unspecified atom stereocenters. The quantitative estimate of drug-likeness (QED) is 0.518. The Morgan fingerprint density at radius 1 is 0.783 bits per heavy atom. The molecule has 0 aliphatic carbocycles. The molecule has 1 rings (SSSR count). The molecule has 0 saturated carbocycles. The zero-order chi connectivity index (χ0) is 17.2. The average molecular weight is 374 g/mol. The van der Waals surface area contributed by atoms with Gasteiger partial charge in [0.2, 0.25) is 10.5 Å². The van der Waals surface area contributed by atoms with Crippen LogP contribution in [0.3, 0.4) is 0 Å². The molecule has 0 saturated heterocycles. The number of benzene rings is 1. The molecule has 1 atom stereocenters. The molecule has 23 heavy (non-hydrogen) atoms. The van der Waals surface area contributed by atoms with Crippen LogP contribution in [0.5, 0.6) is 0 Å². The fourth-order valence-electron chi connectivity index (χ4n) is 2.02. The van der Waals surface area contributed by atoms with Gasteiger partial charge in [-0.1, -0.05) is 30.3 Å². The molecule has 1 aromatic carbocycles. The third-order valence-corrected chi connectivity index (χ3v) is 9.60. The maximum Gasteiger partial charge on any atom is 0.672 e. The van der Waals surface area contributed by atoms with E-state index in [1.54, 1.807) is 0 Å². The first-order valence-electron chi connectivity index (χ1n) is 7.78. The SMILES string of the molecule is CCO[Si](OCC)(OCC)O[Si](O[Si])(OCC)c1ccccc1. The molecule has 0 aromatic heterocycles. The van der Waals surface area contributed by atoms with Crippen LogP contribution in [0, 0.1) is 0 Å². The van der Waals surface area contributed by atoms with Crippen molar-refractivity contribution in [2.45, 2.75) is 27.7 Å². The van der Waals surface area contributed by atoms with Gasteiger partial charge in [0.05, 0.1) is 0 Å². The second-order valence-electron chi connectivity index (χ2n) is 4.36. The molecule has 129 valence electrons. The predicted molar refractivity (Wildman–Crippen MR) is 92.0 cm³/mol. The molecular formula is C14H25O6Si3. The van der Waals surface area contributed by atoms with Gasteiger partial charge in [-0.05, 0) is 27.7 Å². The van der Waals surface area contributed by atoms with E-state index in [9.17, 15) is 0 Å². The van der Waals surface area contributed by atoms with Crippen molar-refractivity contribution in [1.29, 1.82) is 0 Å². The third kappa shape index (κ3) is 5.59. The summed E-state index contributed by atoms with van der Waals surface area (Å²) >= 11 is 0. The van der Waals surface area contributed by atoms with Crippen molar-refractivity contribution in [2.75, 3.05) is 26.4 Å². The lowest BCUT2D eigenvalue weighted by molar-refractivity contribution is -0.0102. The fourth-order valence-corrected chi connectivity index (χ4v) is 8.46. The second kappa shape index (κ2) is 10.5. The lowest BCUT2D eigenvalue weighted by atomic mass is 10.4. The lowest BCUT2D eigenvalue weighted by Crippen LogP contribution is -2.65. The van der Waals surface area contributed by atoms with Crippen LogP contribution in [-0.2, 0) is 25.9 Å². The Morgan fingerprint density at radius 2 is 1.26 bits per heavy atom. The van der Waals surface area contributed by atoms with E-state index in [4.69, 9.17) is 25.9 Å². The summed E-state index contributed by atoms with van der Waals surface area (Å²) in [6.45, 7) is 9.10. The Morgan fingerprint density at radius 3 is 1.65 bits per heavy atom. The molecule has 0 fully saturated rings. The summed E-state index contributed by atoms with van der Waals surface area (Å²) in [6, 6.07) is 9.50. The van der Waals surface area contributed by atoms with Crippen molar-refractivity contribution in [3.8, 4) is 0 Å². The number of hydrogen-bond acceptors (Lipinski definition) is 6. The first kappa shape index (κ1) is 20.7. The Bertz CT molecular complexity index is 419. The molecule has 9 heteroatoms. The molecule has 0 N–H and O–H groups in total. The minimum Gasteiger partial charge on any atom is -0.412 e. The Labute approximate surface area is 144 Å². The van der Waals surface area contributed by atoms with E-state index in [1.807, 2.05) is 58.0 Å². The van der Waals surface area contributed by atoms with Crippen LogP contribution in [0.25, 0.3) is 0 Å². The minimum atomic E-state index is -3.39. The van der Waals surface area contributed by atoms with Gasteiger partial charge in [0.15, 0.2) is 0 Å². The molecule has 0 aliphatic rings.